The largest absolute Gasteiger partial charge is 3.00 e. The predicted molar refractivity (Wildman–Crippen MR) is 184 cm³/mol. The molecule has 0 aromatic heterocycles. The van der Waals surface area contributed by atoms with Gasteiger partial charge in [-0.05, 0) is 43.2 Å². The number of phosphoric ester groups is 1. The van der Waals surface area contributed by atoms with Crippen molar-refractivity contribution < 1.29 is 108 Å². The van der Waals surface area contributed by atoms with Crippen LogP contribution >= 0.6 is 7.82 Å². The summed E-state index contributed by atoms with van der Waals surface area (Å²) in [6.07, 6.45) is 1.40. The third-order valence-corrected chi connectivity index (χ3v) is 9.88. The number of rotatable bonds is 24. The molecule has 19 heteroatoms. The van der Waals surface area contributed by atoms with Crippen molar-refractivity contribution in [2.75, 3.05) is 59.0 Å². The molecule has 0 amide bonds. The van der Waals surface area contributed by atoms with E-state index in [1.807, 2.05) is 60.7 Å². The minimum atomic E-state index is -4.82. The summed E-state index contributed by atoms with van der Waals surface area (Å²) in [4.78, 5) is 71.6. The van der Waals surface area contributed by atoms with Crippen molar-refractivity contribution in [3.05, 3.63) is 71.8 Å². The first-order valence-corrected chi connectivity index (χ1v) is 18.1. The molecule has 1 radical (unpaired) electrons. The van der Waals surface area contributed by atoms with Gasteiger partial charge in [-0.25, -0.2) is 4.57 Å². The second-order valence-corrected chi connectivity index (χ2v) is 14.1. The van der Waals surface area contributed by atoms with Gasteiger partial charge in [0.05, 0.1) is 45.4 Å². The van der Waals surface area contributed by atoms with E-state index in [1.54, 1.807) is 0 Å². The van der Waals surface area contributed by atoms with Gasteiger partial charge >= 0.3 is 77.6 Å². The molecule has 0 spiro atoms. The standard InChI is InChI=1S/C34H46N3O14P.Gd/c38-29(39)19-35(16-7-17-36(20-30(40)41)21-31(42)43)18-27(37(22-32(44)45)23-33(46)47)24-50-52(48,49)51-28-12-14-34(15-13-28,25-8-3-1-4-9-25)26-10-5-2-6-11-26;/h1-6,8-11,27-28H,7,12-24H2,(H,38,39)(H,40,41)(H,42,43)(H,44,45)(H,46,47)(H,48,49);/q;+3. The van der Waals surface area contributed by atoms with E-state index in [0.717, 1.165) is 20.9 Å². The van der Waals surface area contributed by atoms with Gasteiger partial charge in [0.2, 0.25) is 0 Å². The molecule has 1 aliphatic carbocycles. The molecule has 2 atom stereocenters. The molecule has 0 aliphatic heterocycles. The second-order valence-electron chi connectivity index (χ2n) is 12.7. The maximum Gasteiger partial charge on any atom is 3.00 e. The molecule has 2 aromatic rings. The molecule has 1 fully saturated rings. The van der Waals surface area contributed by atoms with Gasteiger partial charge in [0.25, 0.3) is 0 Å². The molecule has 2 unspecified atom stereocenters. The molecule has 1 aliphatic rings. The van der Waals surface area contributed by atoms with Crippen LogP contribution in [-0.4, -0.2) is 146 Å². The Hall–Kier alpha value is -2.90. The van der Waals surface area contributed by atoms with Gasteiger partial charge in [0, 0.05) is 31.1 Å². The molecule has 2 aromatic carbocycles. The van der Waals surface area contributed by atoms with Gasteiger partial charge in [-0.3, -0.25) is 47.7 Å². The van der Waals surface area contributed by atoms with Crippen molar-refractivity contribution in [1.29, 1.82) is 0 Å². The third kappa shape index (κ3) is 16.2. The number of hydrogen-bond donors (Lipinski definition) is 6. The van der Waals surface area contributed by atoms with Crippen LogP contribution in [0.5, 0.6) is 0 Å². The zero-order valence-corrected chi connectivity index (χ0v) is 32.1. The number of nitrogens with zero attached hydrogens (tertiary/aromatic N) is 3. The van der Waals surface area contributed by atoms with Gasteiger partial charge in [-0.15, -0.1) is 0 Å². The average molecular weight is 909 g/mol. The van der Waals surface area contributed by atoms with Crippen LogP contribution in [0.2, 0.25) is 0 Å². The third-order valence-electron chi connectivity index (χ3n) is 8.84. The number of aliphatic carboxylic acids is 5. The smallest absolute Gasteiger partial charge is 0.480 e. The Bertz CT molecular complexity index is 1470. The van der Waals surface area contributed by atoms with Crippen LogP contribution in [0.25, 0.3) is 0 Å². The van der Waals surface area contributed by atoms with Gasteiger partial charge < -0.3 is 30.4 Å². The van der Waals surface area contributed by atoms with E-state index in [9.17, 15) is 48.8 Å². The predicted octanol–water partition coefficient (Wildman–Crippen LogP) is 2.14. The van der Waals surface area contributed by atoms with Crippen LogP contribution in [0.15, 0.2) is 60.7 Å². The number of carboxylic acid groups (broad SMARTS) is 5. The van der Waals surface area contributed by atoms with Gasteiger partial charge in [0.1, 0.15) is 0 Å². The molecular formula is C34H46GdN3O14P+3. The summed E-state index contributed by atoms with van der Waals surface area (Å²) in [6, 6.07) is 18.6. The topological polar surface area (TPSA) is 252 Å². The summed E-state index contributed by atoms with van der Waals surface area (Å²) in [7, 11) is -4.82. The van der Waals surface area contributed by atoms with Crippen LogP contribution < -0.4 is 0 Å². The fourth-order valence-electron chi connectivity index (χ4n) is 6.62. The fraction of sp³-hybridized carbons (Fsp3) is 0.500. The van der Waals surface area contributed by atoms with Crippen molar-refractivity contribution in [3.8, 4) is 0 Å². The Morgan fingerprint density at radius 1 is 0.698 bits per heavy atom. The minimum absolute atomic E-state index is 0. The quantitative estimate of drug-likeness (QED) is 0.0826. The molecule has 0 saturated heterocycles. The first-order valence-electron chi connectivity index (χ1n) is 16.6. The Morgan fingerprint density at radius 3 is 1.55 bits per heavy atom. The van der Waals surface area contributed by atoms with Crippen LogP contribution in [0, 0.1) is 39.9 Å². The van der Waals surface area contributed by atoms with Crippen molar-refractivity contribution in [2.45, 2.75) is 49.7 Å². The molecule has 0 bridgehead atoms. The van der Waals surface area contributed by atoms with E-state index in [0.29, 0.717) is 25.7 Å². The Morgan fingerprint density at radius 2 is 1.11 bits per heavy atom. The fourth-order valence-corrected chi connectivity index (χ4v) is 7.63. The van der Waals surface area contributed by atoms with E-state index in [4.69, 9.17) is 19.3 Å². The van der Waals surface area contributed by atoms with E-state index >= 15 is 0 Å². The second kappa shape index (κ2) is 22.5. The summed E-state index contributed by atoms with van der Waals surface area (Å²) < 4.78 is 24.2. The SMILES string of the molecule is O=C(O)CN(CCCN(CC(=O)O)CC(COP(=O)(O)OC1CCC(c2ccccc2)(c2ccccc2)CC1)N(CC(=O)O)CC(=O)O)CC(=O)O.[Gd+3]. The van der Waals surface area contributed by atoms with E-state index < -0.39 is 89.1 Å². The van der Waals surface area contributed by atoms with Crippen molar-refractivity contribution in [3.63, 3.8) is 0 Å². The Labute approximate surface area is 338 Å². The van der Waals surface area contributed by atoms with Crippen LogP contribution in [-0.2, 0) is 43.0 Å². The van der Waals surface area contributed by atoms with E-state index in [-0.39, 0.29) is 71.4 Å². The number of benzene rings is 2. The zero-order chi connectivity index (χ0) is 38.3. The number of hydrogen-bond acceptors (Lipinski definition) is 11. The van der Waals surface area contributed by atoms with Gasteiger partial charge in [0.15, 0.2) is 0 Å². The van der Waals surface area contributed by atoms with Crippen LogP contribution in [0.3, 0.4) is 0 Å². The van der Waals surface area contributed by atoms with Gasteiger partial charge in [-0.2, -0.15) is 0 Å². The molecule has 1 saturated carbocycles. The summed E-state index contributed by atoms with van der Waals surface area (Å²) in [5, 5.41) is 46.8. The minimum Gasteiger partial charge on any atom is -0.480 e. The van der Waals surface area contributed by atoms with Crippen molar-refractivity contribution >= 4 is 37.7 Å². The summed E-state index contributed by atoms with van der Waals surface area (Å²) in [5.74, 6) is -6.67. The normalized spacial score (nSPS) is 16.1. The number of phosphoric acid groups is 1. The van der Waals surface area contributed by atoms with Crippen molar-refractivity contribution in [2.24, 2.45) is 0 Å². The first-order chi connectivity index (χ1) is 24.6. The van der Waals surface area contributed by atoms with Gasteiger partial charge in [-0.1, -0.05) is 60.7 Å². The Kier molecular flexibility index (Phi) is 19.6. The summed E-state index contributed by atoms with van der Waals surface area (Å²) >= 11 is 0. The van der Waals surface area contributed by atoms with Crippen LogP contribution in [0.1, 0.15) is 43.2 Å². The monoisotopic (exact) mass is 909 g/mol. The molecule has 6 N–H and O–H groups in total. The zero-order valence-electron chi connectivity index (χ0n) is 28.9. The molecule has 0 heterocycles. The Balaban J connectivity index is 0.00000972. The molecule has 53 heavy (non-hydrogen) atoms. The van der Waals surface area contributed by atoms with E-state index in [1.165, 1.54) is 4.90 Å². The maximum atomic E-state index is 13.3. The number of carbonyl (C=O) groups is 5. The first kappa shape index (κ1) is 46.3. The van der Waals surface area contributed by atoms with Crippen LogP contribution in [0.4, 0.5) is 0 Å². The molecule has 291 valence electrons. The maximum absolute atomic E-state index is 13.3. The molecule has 3 rings (SSSR count). The van der Waals surface area contributed by atoms with E-state index in [2.05, 4.69) is 0 Å². The molecular weight excluding hydrogens is 863 g/mol. The van der Waals surface area contributed by atoms with Crippen molar-refractivity contribution in [1.82, 2.24) is 14.7 Å². The average Bonchev–Trinajstić information content (AvgIpc) is 3.06. The summed E-state index contributed by atoms with van der Waals surface area (Å²) in [6.45, 7) is -4.61. The summed E-state index contributed by atoms with van der Waals surface area (Å²) in [5.41, 5.74) is 1.85. The molecule has 17 nitrogen and oxygen atoms in total. The number of carboxylic acids is 5.